The van der Waals surface area contributed by atoms with Gasteiger partial charge in [-0.2, -0.15) is 26.3 Å². The monoisotopic (exact) mass is 946 g/mol. The molecule has 0 spiro atoms. The van der Waals surface area contributed by atoms with Gasteiger partial charge in [0.2, 0.25) is 0 Å². The Morgan fingerprint density at radius 1 is 0.522 bits per heavy atom. The molecule has 2 aromatic heterocycles. The largest absolute Gasteiger partial charge is 0.454 e. The number of nitrogens with zero attached hydrogens (tertiary/aromatic N) is 4. The normalized spacial score (nSPS) is 11.3. The molecule has 342 valence electrons. The smallest absolute Gasteiger partial charge is 0.417 e. The van der Waals surface area contributed by atoms with Gasteiger partial charge in [0.15, 0.2) is 23.1 Å². The van der Waals surface area contributed by atoms with Crippen molar-refractivity contribution in [3.05, 3.63) is 167 Å². The minimum absolute atomic E-state index is 0.0477. The van der Waals surface area contributed by atoms with E-state index >= 15 is 0 Å². The zero-order valence-corrected chi connectivity index (χ0v) is 35.2. The Bertz CT molecular complexity index is 3160. The van der Waals surface area contributed by atoms with E-state index in [4.69, 9.17) is 21.1 Å². The van der Waals surface area contributed by atoms with Crippen molar-refractivity contribution in [2.75, 3.05) is 21.3 Å². The van der Waals surface area contributed by atoms with Crippen molar-refractivity contribution in [2.24, 2.45) is 0 Å². The van der Waals surface area contributed by atoms with Crippen LogP contribution in [-0.4, -0.2) is 32.0 Å². The Morgan fingerprint density at radius 2 is 0.970 bits per heavy atom. The topological polar surface area (TPSA) is 152 Å². The van der Waals surface area contributed by atoms with Gasteiger partial charge in [-0.3, -0.25) is 9.97 Å². The van der Waals surface area contributed by atoms with Crippen molar-refractivity contribution in [3.8, 4) is 23.0 Å². The third-order valence-electron chi connectivity index (χ3n) is 9.08. The fourth-order valence-corrected chi connectivity index (χ4v) is 6.27. The quantitative estimate of drug-likeness (QED) is 0.110. The Hall–Kier alpha value is -8.13. The van der Waals surface area contributed by atoms with E-state index in [1.807, 2.05) is 0 Å². The Balaban J connectivity index is 0.000000199. The predicted molar refractivity (Wildman–Crippen MR) is 235 cm³/mol. The lowest BCUT2D eigenvalue weighted by atomic mass is 10.2. The van der Waals surface area contributed by atoms with Crippen LogP contribution in [0.2, 0.25) is 5.02 Å². The second-order valence-corrected chi connectivity index (χ2v) is 14.7. The Labute approximate surface area is 379 Å². The number of hydrogen-bond acceptors (Lipinski definition) is 8. The molecule has 0 atom stereocenters. The first kappa shape index (κ1) is 46.9. The van der Waals surface area contributed by atoms with Gasteiger partial charge in [0.05, 0.1) is 49.6 Å². The molecular weight excluding hydrogens is 916 g/mol. The number of carbonyl (C=O) groups is 2. The first-order valence-electron chi connectivity index (χ1n) is 19.4. The second kappa shape index (κ2) is 19.5. The molecule has 2 heterocycles. The average molecular weight is 947 g/mol. The summed E-state index contributed by atoms with van der Waals surface area (Å²) in [6.07, 6.45) is -5.97. The fraction of sp³-hybridized carbons (Fsp3) is 0.0870. The predicted octanol–water partition coefficient (Wildman–Crippen LogP) is 13.7. The van der Waals surface area contributed by atoms with Gasteiger partial charge in [0.25, 0.3) is 0 Å². The van der Waals surface area contributed by atoms with Crippen LogP contribution < -0.4 is 30.7 Å². The highest BCUT2D eigenvalue weighted by Gasteiger charge is 2.33. The van der Waals surface area contributed by atoms with Crippen LogP contribution in [0.15, 0.2) is 128 Å². The molecular formula is C46H31ClF8N8O4. The van der Waals surface area contributed by atoms with Crippen molar-refractivity contribution in [2.45, 2.75) is 26.2 Å². The summed E-state index contributed by atoms with van der Waals surface area (Å²) in [4.78, 5) is 41.7. The number of aromatic nitrogens is 4. The molecule has 0 aliphatic heterocycles. The number of alkyl halides is 6. The number of benzene rings is 6. The highest BCUT2D eigenvalue weighted by molar-refractivity contribution is 6.31. The molecule has 0 saturated carbocycles. The Morgan fingerprint density at radius 3 is 1.43 bits per heavy atom. The maximum atomic E-state index is 14.3. The number of ether oxygens (including phenoxy) is 2. The van der Waals surface area contributed by atoms with Gasteiger partial charge in [0.1, 0.15) is 11.5 Å². The fourth-order valence-electron chi connectivity index (χ4n) is 6.05. The molecule has 8 rings (SSSR count). The highest BCUT2D eigenvalue weighted by Crippen LogP contribution is 2.37. The van der Waals surface area contributed by atoms with Crippen molar-refractivity contribution >= 4 is 68.5 Å². The van der Waals surface area contributed by atoms with Crippen LogP contribution in [0.5, 0.6) is 23.0 Å². The number of fused-ring (bicyclic) bond motifs is 2. The lowest BCUT2D eigenvalue weighted by Gasteiger charge is -2.13. The maximum Gasteiger partial charge on any atom is 0.417 e. The molecule has 4 amide bonds. The summed E-state index contributed by atoms with van der Waals surface area (Å²) in [5.41, 5.74) is 2.01. The van der Waals surface area contributed by atoms with E-state index in [1.165, 1.54) is 42.5 Å². The number of nitrogens with one attached hydrogen (secondary N) is 4. The third-order valence-corrected chi connectivity index (χ3v) is 9.41. The maximum absolute atomic E-state index is 14.3. The molecule has 0 aliphatic carbocycles. The van der Waals surface area contributed by atoms with Gasteiger partial charge in [0, 0.05) is 59.4 Å². The minimum Gasteiger partial charge on any atom is -0.454 e. The van der Waals surface area contributed by atoms with E-state index in [-0.39, 0.29) is 34.2 Å². The van der Waals surface area contributed by atoms with Crippen molar-refractivity contribution in [1.29, 1.82) is 0 Å². The lowest BCUT2D eigenvalue weighted by molar-refractivity contribution is -0.138. The summed E-state index contributed by atoms with van der Waals surface area (Å²) in [6, 6.07) is 22.5. The molecule has 6 aromatic carbocycles. The van der Waals surface area contributed by atoms with Crippen LogP contribution in [0.1, 0.15) is 22.5 Å². The summed E-state index contributed by atoms with van der Waals surface area (Å²) in [6.45, 7) is 3.58. The number of urea groups is 2. The molecule has 0 aliphatic rings. The lowest BCUT2D eigenvalue weighted by Crippen LogP contribution is -2.20. The number of amides is 4. The van der Waals surface area contributed by atoms with Crippen LogP contribution in [0, 0.1) is 25.5 Å². The van der Waals surface area contributed by atoms with Gasteiger partial charge < -0.3 is 30.7 Å². The van der Waals surface area contributed by atoms with Crippen molar-refractivity contribution < 1.29 is 54.2 Å². The van der Waals surface area contributed by atoms with Crippen LogP contribution in [-0.2, 0) is 12.4 Å². The average Bonchev–Trinajstić information content (AvgIpc) is 3.26. The van der Waals surface area contributed by atoms with E-state index in [1.54, 1.807) is 62.6 Å². The van der Waals surface area contributed by atoms with Gasteiger partial charge in [-0.15, -0.1) is 0 Å². The molecule has 67 heavy (non-hydrogen) atoms. The van der Waals surface area contributed by atoms with E-state index in [2.05, 4.69) is 41.2 Å². The Kier molecular flexibility index (Phi) is 13.7. The molecule has 0 saturated heterocycles. The van der Waals surface area contributed by atoms with Crippen LogP contribution in [0.4, 0.5) is 67.5 Å². The zero-order valence-electron chi connectivity index (χ0n) is 34.4. The van der Waals surface area contributed by atoms with E-state index in [0.717, 1.165) is 30.3 Å². The van der Waals surface area contributed by atoms with Crippen molar-refractivity contribution in [1.82, 2.24) is 19.9 Å². The van der Waals surface area contributed by atoms with Crippen molar-refractivity contribution in [3.63, 3.8) is 0 Å². The first-order chi connectivity index (χ1) is 31.7. The number of carbonyl (C=O) groups excluding carboxylic acids is 2. The summed E-state index contributed by atoms with van der Waals surface area (Å²) in [5.74, 6) is -1.08. The first-order valence-corrected chi connectivity index (χ1v) is 19.8. The second-order valence-electron chi connectivity index (χ2n) is 14.2. The molecule has 0 radical (unpaired) electrons. The number of halogens is 9. The summed E-state index contributed by atoms with van der Waals surface area (Å²) in [7, 11) is 0. The van der Waals surface area contributed by atoms with E-state index in [0.29, 0.717) is 51.0 Å². The molecule has 12 nitrogen and oxygen atoms in total. The number of anilines is 4. The van der Waals surface area contributed by atoms with Crippen LogP contribution >= 0.6 is 11.6 Å². The number of hydrogen-bond donors (Lipinski definition) is 4. The summed E-state index contributed by atoms with van der Waals surface area (Å²) < 4.78 is 117. The highest BCUT2D eigenvalue weighted by atomic mass is 35.5. The molecule has 0 bridgehead atoms. The molecule has 8 aromatic rings. The van der Waals surface area contributed by atoms with Gasteiger partial charge >= 0.3 is 24.4 Å². The van der Waals surface area contributed by atoms with E-state index < -0.39 is 52.2 Å². The zero-order chi connectivity index (χ0) is 48.0. The van der Waals surface area contributed by atoms with Gasteiger partial charge in [-0.1, -0.05) is 17.7 Å². The molecule has 21 heteroatoms. The van der Waals surface area contributed by atoms with Gasteiger partial charge in [-0.25, -0.2) is 28.3 Å². The van der Waals surface area contributed by atoms with E-state index in [9.17, 15) is 44.7 Å². The van der Waals surface area contributed by atoms with Crippen LogP contribution in [0.25, 0.3) is 22.1 Å². The van der Waals surface area contributed by atoms with Gasteiger partial charge in [-0.05, 0) is 98.8 Å². The number of aryl methyl sites for hydroxylation is 2. The molecule has 0 fully saturated rings. The standard InChI is InChI=1S/C23H15ClF4N4O2.C23H16F4N4O2/c1-12-11-29-19-7-4-15(10-20(19)30-12)34-21-9-14(3-6-18(21)25)32-22(33)31-13-2-5-17(24)16(8-13)23(26,27)28;1-13-12-28-19-8-6-17(11-20(19)29-13)33-21-10-16(5-7-18(21)24)31-22(32)30-15-4-2-3-14(9-15)23(25,26)27/h2-11H,1H3,(H2,31,32,33);2-12H,1H3,(H2,30,31,32). The SMILES string of the molecule is Cc1cnc2ccc(Oc3cc(NC(=O)Nc4ccc(Cl)c(C(F)(F)F)c4)ccc3F)cc2n1.Cc1cnc2ccc(Oc3cc(NC(=O)Nc4cccc(C(F)(F)F)c4)ccc3F)cc2n1. The minimum atomic E-state index is -4.68. The summed E-state index contributed by atoms with van der Waals surface area (Å²) in [5, 5.41) is 8.96. The summed E-state index contributed by atoms with van der Waals surface area (Å²) >= 11 is 5.58. The van der Waals surface area contributed by atoms with Crippen LogP contribution in [0.3, 0.4) is 0 Å². The molecule has 0 unspecified atom stereocenters. The molecule has 4 N–H and O–H groups in total. The third kappa shape index (κ3) is 12.4. The number of rotatable bonds is 8.